The van der Waals surface area contributed by atoms with Crippen molar-refractivity contribution in [2.45, 2.75) is 66.5 Å². The first kappa shape index (κ1) is 46.0. The number of amides is 4. The van der Waals surface area contributed by atoms with E-state index < -0.39 is 36.3 Å². The van der Waals surface area contributed by atoms with Gasteiger partial charge in [0.1, 0.15) is 40.5 Å². The van der Waals surface area contributed by atoms with Crippen LogP contribution < -0.4 is 26.8 Å². The molecule has 1 fully saturated rings. The summed E-state index contributed by atoms with van der Waals surface area (Å²) in [5.41, 5.74) is 14.1. The lowest BCUT2D eigenvalue weighted by atomic mass is 10.1. The number of carbonyl (C=O) groups excluding carboxylic acids is 4. The summed E-state index contributed by atoms with van der Waals surface area (Å²) in [5, 5.41) is 14.4. The molecule has 0 bridgehead atoms. The number of alkyl halides is 3. The lowest BCUT2D eigenvalue weighted by Crippen LogP contribution is -2.37. The number of aryl methyl sites for hydroxylation is 4. The van der Waals surface area contributed by atoms with Crippen LogP contribution in [0.3, 0.4) is 0 Å². The molecule has 2 aromatic carbocycles. The molecule has 0 unspecified atom stereocenters. The monoisotopic (exact) mass is 927 g/mol. The highest BCUT2D eigenvalue weighted by Gasteiger charge is 2.32. The fourth-order valence-corrected chi connectivity index (χ4v) is 8.13. The Morgan fingerprint density at radius 3 is 2.00 bits per heavy atom. The second kappa shape index (κ2) is 18.8. The average molecular weight is 928 g/mol. The molecule has 0 spiro atoms. The second-order valence-corrected chi connectivity index (χ2v) is 16.0. The number of anilines is 2. The zero-order chi connectivity index (χ0) is 47.7. The van der Waals surface area contributed by atoms with Gasteiger partial charge in [-0.1, -0.05) is 12.2 Å². The van der Waals surface area contributed by atoms with Gasteiger partial charge < -0.3 is 34.5 Å². The van der Waals surface area contributed by atoms with Gasteiger partial charge in [-0.15, -0.1) is 0 Å². The molecule has 1 aliphatic rings. The van der Waals surface area contributed by atoms with Crippen molar-refractivity contribution in [3.8, 4) is 5.75 Å². The van der Waals surface area contributed by atoms with Crippen LogP contribution in [0, 0.1) is 20.8 Å². The number of hydrogen-bond acceptors (Lipinski definition) is 12. The van der Waals surface area contributed by atoms with Crippen molar-refractivity contribution in [1.29, 1.82) is 0 Å². The van der Waals surface area contributed by atoms with Gasteiger partial charge in [-0.2, -0.15) is 23.4 Å². The minimum Gasteiger partial charge on any atom is -0.491 e. The molecule has 5 aromatic heterocycles. The number of fused-ring (bicyclic) bond motifs is 4. The molecule has 0 radical (unpaired) electrons. The van der Waals surface area contributed by atoms with Crippen LogP contribution in [0.2, 0.25) is 0 Å². The van der Waals surface area contributed by atoms with E-state index >= 15 is 0 Å². The number of benzene rings is 2. The summed E-state index contributed by atoms with van der Waals surface area (Å²) in [7, 11) is 0. The van der Waals surface area contributed by atoms with Crippen LogP contribution in [0.4, 0.5) is 25.1 Å². The number of rotatable bonds is 17. The van der Waals surface area contributed by atoms with E-state index in [4.69, 9.17) is 30.3 Å². The van der Waals surface area contributed by atoms with E-state index in [0.717, 1.165) is 19.6 Å². The summed E-state index contributed by atoms with van der Waals surface area (Å²) in [6, 6.07) is 9.03. The summed E-state index contributed by atoms with van der Waals surface area (Å²) >= 11 is 0. The molecule has 20 nitrogen and oxygen atoms in total. The first-order valence-corrected chi connectivity index (χ1v) is 21.4. The third-order valence-electron chi connectivity index (χ3n) is 11.1. The SMILES string of the molecule is CCn1nc(C)cc1C(=O)Nc1nc2cc(C(N)=O)c3oc(C)cc3c2n1C/C=C/Cn1c(NC(=O)c2cc(C)nn2CC(F)(F)F)nc2cc(C(N)=O)cc(OCCCN3CCOCC3)c21. The van der Waals surface area contributed by atoms with Gasteiger partial charge in [0, 0.05) is 50.2 Å². The van der Waals surface area contributed by atoms with Crippen LogP contribution >= 0.6 is 0 Å². The largest absolute Gasteiger partial charge is 0.491 e. The van der Waals surface area contributed by atoms with Crippen LogP contribution in [0.5, 0.6) is 5.75 Å². The molecule has 23 heteroatoms. The first-order chi connectivity index (χ1) is 32.0. The maximum absolute atomic E-state index is 13.8. The fourth-order valence-electron chi connectivity index (χ4n) is 8.13. The van der Waals surface area contributed by atoms with Gasteiger partial charge in [-0.25, -0.2) is 9.97 Å². The zero-order valence-corrected chi connectivity index (χ0v) is 37.1. The highest BCUT2D eigenvalue weighted by Crippen LogP contribution is 2.35. The predicted molar refractivity (Wildman–Crippen MR) is 239 cm³/mol. The van der Waals surface area contributed by atoms with E-state index in [9.17, 15) is 32.3 Å². The van der Waals surface area contributed by atoms with Crippen LogP contribution in [-0.2, 0) is 30.9 Å². The van der Waals surface area contributed by atoms with Gasteiger partial charge in [0.05, 0.1) is 53.3 Å². The zero-order valence-electron chi connectivity index (χ0n) is 37.1. The number of nitrogens with zero attached hydrogens (tertiary/aromatic N) is 9. The molecule has 0 atom stereocenters. The number of ether oxygens (including phenoxy) is 2. The molecule has 4 amide bonds. The van der Waals surface area contributed by atoms with Crippen LogP contribution in [-0.4, -0.2) is 113 Å². The van der Waals surface area contributed by atoms with Crippen molar-refractivity contribution in [3.63, 3.8) is 0 Å². The van der Waals surface area contributed by atoms with E-state index in [-0.39, 0.29) is 71.0 Å². The number of nitrogens with one attached hydrogen (secondary N) is 2. The molecule has 0 aliphatic carbocycles. The van der Waals surface area contributed by atoms with Crippen LogP contribution in [0.25, 0.3) is 33.0 Å². The second-order valence-electron chi connectivity index (χ2n) is 16.0. The smallest absolute Gasteiger partial charge is 0.408 e. The predicted octanol–water partition coefficient (Wildman–Crippen LogP) is 5.09. The molecular formula is C44H48F3N13O7. The van der Waals surface area contributed by atoms with Crippen molar-refractivity contribution in [2.24, 2.45) is 11.5 Å². The molecule has 6 N–H and O–H groups in total. The highest BCUT2D eigenvalue weighted by molar-refractivity contribution is 6.14. The molecule has 6 heterocycles. The van der Waals surface area contributed by atoms with E-state index in [1.54, 1.807) is 51.9 Å². The molecule has 7 aromatic rings. The first-order valence-electron chi connectivity index (χ1n) is 21.4. The number of furan rings is 1. The van der Waals surface area contributed by atoms with Gasteiger partial charge in [0.2, 0.25) is 17.8 Å². The maximum Gasteiger partial charge on any atom is 0.408 e. The summed E-state index contributed by atoms with van der Waals surface area (Å²) in [4.78, 5) is 64.4. The fraction of sp³-hybridized carbons (Fsp3) is 0.364. The Hall–Kier alpha value is -7.53. The summed E-state index contributed by atoms with van der Waals surface area (Å²) in [5.74, 6) is -2.13. The molecule has 352 valence electrons. The Bertz CT molecular complexity index is 3080. The Morgan fingerprint density at radius 2 is 1.40 bits per heavy atom. The average Bonchev–Trinajstić information content (AvgIpc) is 4.09. The van der Waals surface area contributed by atoms with Gasteiger partial charge in [-0.05, 0) is 70.5 Å². The number of imidazole rings is 2. The number of hydrogen-bond donors (Lipinski definition) is 4. The number of halogens is 3. The van der Waals surface area contributed by atoms with Crippen molar-refractivity contribution in [3.05, 3.63) is 88.2 Å². The van der Waals surface area contributed by atoms with Crippen molar-refractivity contribution >= 4 is 68.6 Å². The Morgan fingerprint density at radius 1 is 0.806 bits per heavy atom. The summed E-state index contributed by atoms with van der Waals surface area (Å²) < 4.78 is 63.8. The van der Waals surface area contributed by atoms with Crippen molar-refractivity contribution in [2.75, 3.05) is 50.1 Å². The minimum atomic E-state index is -4.67. The minimum absolute atomic E-state index is 0.0116. The number of allylic oxidation sites excluding steroid dienone is 2. The van der Waals surface area contributed by atoms with Crippen LogP contribution in [0.15, 0.2) is 53.0 Å². The van der Waals surface area contributed by atoms with Gasteiger partial charge in [0.25, 0.3) is 17.7 Å². The lowest BCUT2D eigenvalue weighted by Gasteiger charge is -2.26. The Labute approximate surface area is 379 Å². The molecule has 1 aliphatic heterocycles. The Kier molecular flexibility index (Phi) is 12.9. The van der Waals surface area contributed by atoms with E-state index in [0.29, 0.717) is 69.9 Å². The van der Waals surface area contributed by atoms with Gasteiger partial charge >= 0.3 is 6.18 Å². The van der Waals surface area contributed by atoms with Gasteiger partial charge in [0.15, 0.2) is 0 Å². The number of aromatic nitrogens is 8. The number of morpholine rings is 1. The number of nitrogens with two attached hydrogens (primary N) is 2. The number of carbonyl (C=O) groups is 4. The summed E-state index contributed by atoms with van der Waals surface area (Å²) in [6.45, 7) is 9.57. The van der Waals surface area contributed by atoms with Crippen LogP contribution in [0.1, 0.15) is 72.2 Å². The third-order valence-corrected chi connectivity index (χ3v) is 11.1. The lowest BCUT2D eigenvalue weighted by molar-refractivity contribution is -0.142. The maximum atomic E-state index is 13.8. The normalized spacial score (nSPS) is 13.7. The molecule has 1 saturated heterocycles. The topological polar surface area (TPSA) is 250 Å². The third kappa shape index (κ3) is 9.87. The molecule has 0 saturated carbocycles. The van der Waals surface area contributed by atoms with Gasteiger partial charge in [-0.3, -0.25) is 44.1 Å². The molecule has 8 rings (SSSR count). The summed E-state index contributed by atoms with van der Waals surface area (Å²) in [6.07, 6.45) is -0.554. The van der Waals surface area contributed by atoms with Crippen molar-refractivity contribution in [1.82, 2.24) is 43.6 Å². The van der Waals surface area contributed by atoms with E-state index in [1.807, 2.05) is 6.92 Å². The standard InChI is InChI=1S/C44H48F3N13O7/c1-5-59-32(17-24(2)54-59)40(63)52-42-51-31-22-29(39(49)62)37-28(19-26(4)67-37)35(31)57(42)10-6-7-11-58-36-30(50-43(58)53-41(64)33-18-25(3)55-60(33)23-44(45,46)47)20-27(38(48)61)21-34(36)66-14-8-9-56-12-15-65-16-13-56/h6-7,17-22H,5,8-16,23H2,1-4H3,(H2,48,61)(H2,49,62)(H,50,53,64)(H,51,52,63)/b7-6+. The van der Waals surface area contributed by atoms with E-state index in [2.05, 4.69) is 30.7 Å². The van der Waals surface area contributed by atoms with Crippen molar-refractivity contribution < 1.29 is 46.2 Å². The highest BCUT2D eigenvalue weighted by atomic mass is 19.4. The van der Waals surface area contributed by atoms with E-state index in [1.165, 1.54) is 31.2 Å². The quantitative estimate of drug-likeness (QED) is 0.0689. The Balaban J connectivity index is 1.18. The molecular weight excluding hydrogens is 880 g/mol. The number of primary amides is 2. The molecule has 67 heavy (non-hydrogen) atoms.